The lowest BCUT2D eigenvalue weighted by molar-refractivity contribution is 0.925. The summed E-state index contributed by atoms with van der Waals surface area (Å²) >= 11 is 0. The first-order valence-electron chi connectivity index (χ1n) is 6.20. The molecule has 0 saturated carbocycles. The van der Waals surface area contributed by atoms with Crippen molar-refractivity contribution in [2.75, 3.05) is 0 Å². The Labute approximate surface area is 109 Å². The maximum atomic E-state index is 3.87. The molecular weight excluding hydrogens is 216 g/mol. The minimum absolute atomic E-state index is 0.338. The molecule has 0 spiro atoms. The highest BCUT2D eigenvalue weighted by Gasteiger charge is 2.08. The van der Waals surface area contributed by atoms with Crippen LogP contribution in [0.2, 0.25) is 0 Å². The summed E-state index contributed by atoms with van der Waals surface area (Å²) in [7, 11) is 0. The first-order chi connectivity index (χ1) is 8.76. The Morgan fingerprint density at radius 1 is 1.06 bits per heavy atom. The molecule has 0 fully saturated rings. The Kier molecular flexibility index (Phi) is 3.78. The Bertz CT molecular complexity index is 602. The third kappa shape index (κ3) is 2.43. The number of benzene rings is 2. The van der Waals surface area contributed by atoms with Crippen molar-refractivity contribution in [1.29, 1.82) is 0 Å². The van der Waals surface area contributed by atoms with E-state index in [4.69, 9.17) is 0 Å². The van der Waals surface area contributed by atoms with Gasteiger partial charge in [-0.3, -0.25) is 0 Å². The fourth-order valence-corrected chi connectivity index (χ4v) is 2.19. The third-order valence-corrected chi connectivity index (χ3v) is 3.32. The molecule has 0 aliphatic carbocycles. The second-order valence-electron chi connectivity index (χ2n) is 4.43. The lowest BCUT2D eigenvalue weighted by Gasteiger charge is -2.14. The summed E-state index contributed by atoms with van der Waals surface area (Å²) in [5, 5.41) is 2.56. The van der Waals surface area contributed by atoms with Gasteiger partial charge >= 0.3 is 0 Å². The normalized spacial score (nSPS) is 13.3. The van der Waals surface area contributed by atoms with E-state index in [9.17, 15) is 0 Å². The van der Waals surface area contributed by atoms with Crippen LogP contribution < -0.4 is 0 Å². The summed E-state index contributed by atoms with van der Waals surface area (Å²) in [5.41, 5.74) is 2.50. The van der Waals surface area contributed by atoms with E-state index in [0.717, 1.165) is 0 Å². The van der Waals surface area contributed by atoms with E-state index in [2.05, 4.69) is 62.5 Å². The molecule has 1 unspecified atom stereocenters. The van der Waals surface area contributed by atoms with Crippen molar-refractivity contribution in [2.45, 2.75) is 12.8 Å². The van der Waals surface area contributed by atoms with Crippen LogP contribution in [0.25, 0.3) is 10.8 Å². The standard InChI is InChI=1S/C18H18/c1-4-8-15(5-2)14(3)17-12-11-16-9-6-7-10-18(16)13-17/h4-14H,1-2H2,3H3/b15-8+. The molecule has 0 aliphatic rings. The molecule has 0 heteroatoms. The van der Waals surface area contributed by atoms with E-state index in [1.165, 1.54) is 21.9 Å². The van der Waals surface area contributed by atoms with Crippen molar-refractivity contribution in [3.8, 4) is 0 Å². The van der Waals surface area contributed by atoms with E-state index in [0.29, 0.717) is 5.92 Å². The number of hydrogen-bond acceptors (Lipinski definition) is 0. The molecule has 18 heavy (non-hydrogen) atoms. The Morgan fingerprint density at radius 3 is 2.44 bits per heavy atom. The summed E-state index contributed by atoms with van der Waals surface area (Å²) in [6.45, 7) is 9.82. The zero-order valence-corrected chi connectivity index (χ0v) is 10.8. The largest absolute Gasteiger partial charge is 0.0991 e. The molecule has 2 aromatic rings. The van der Waals surface area contributed by atoms with E-state index >= 15 is 0 Å². The summed E-state index contributed by atoms with van der Waals surface area (Å²) in [6.07, 6.45) is 5.74. The maximum absolute atomic E-state index is 3.87. The van der Waals surface area contributed by atoms with Crippen LogP contribution in [-0.2, 0) is 0 Å². The average Bonchev–Trinajstić information content (AvgIpc) is 2.43. The molecule has 0 saturated heterocycles. The van der Waals surface area contributed by atoms with E-state index in [1.807, 2.05) is 18.2 Å². The zero-order valence-electron chi connectivity index (χ0n) is 10.8. The molecule has 0 aliphatic heterocycles. The minimum Gasteiger partial charge on any atom is -0.0991 e. The predicted molar refractivity (Wildman–Crippen MR) is 80.8 cm³/mol. The van der Waals surface area contributed by atoms with E-state index < -0.39 is 0 Å². The fraction of sp³-hybridized carbons (Fsp3) is 0.111. The van der Waals surface area contributed by atoms with Gasteiger partial charge in [-0.25, -0.2) is 0 Å². The Hall–Kier alpha value is -2.08. The fourth-order valence-electron chi connectivity index (χ4n) is 2.19. The lowest BCUT2D eigenvalue weighted by atomic mass is 9.91. The summed E-state index contributed by atoms with van der Waals surface area (Å²) in [4.78, 5) is 0. The number of rotatable bonds is 4. The molecule has 2 aromatic carbocycles. The Morgan fingerprint density at radius 2 is 1.78 bits per heavy atom. The van der Waals surface area contributed by atoms with Crippen molar-refractivity contribution in [3.63, 3.8) is 0 Å². The summed E-state index contributed by atoms with van der Waals surface area (Å²) in [5.74, 6) is 0.338. The lowest BCUT2D eigenvalue weighted by Crippen LogP contribution is -1.95. The summed E-state index contributed by atoms with van der Waals surface area (Å²) in [6, 6.07) is 15.0. The predicted octanol–water partition coefficient (Wildman–Crippen LogP) is 5.24. The van der Waals surface area contributed by atoms with Gasteiger partial charge in [0.2, 0.25) is 0 Å². The van der Waals surface area contributed by atoms with Crippen LogP contribution in [0.3, 0.4) is 0 Å². The van der Waals surface area contributed by atoms with Gasteiger partial charge in [-0.15, -0.1) is 0 Å². The van der Waals surface area contributed by atoms with Gasteiger partial charge in [0.15, 0.2) is 0 Å². The number of fused-ring (bicyclic) bond motifs is 1. The van der Waals surface area contributed by atoms with Crippen LogP contribution in [0.15, 0.2) is 79.4 Å². The zero-order chi connectivity index (χ0) is 13.0. The van der Waals surface area contributed by atoms with Gasteiger partial charge in [-0.1, -0.05) is 80.8 Å². The highest BCUT2D eigenvalue weighted by Crippen LogP contribution is 2.27. The highest BCUT2D eigenvalue weighted by atomic mass is 14.1. The van der Waals surface area contributed by atoms with Crippen molar-refractivity contribution in [2.24, 2.45) is 0 Å². The number of allylic oxidation sites excluding steroid dienone is 4. The van der Waals surface area contributed by atoms with Crippen molar-refractivity contribution in [3.05, 3.63) is 85.0 Å². The monoisotopic (exact) mass is 234 g/mol. The molecule has 0 aromatic heterocycles. The minimum atomic E-state index is 0.338. The molecule has 0 amide bonds. The third-order valence-electron chi connectivity index (χ3n) is 3.32. The highest BCUT2D eigenvalue weighted by molar-refractivity contribution is 5.83. The Balaban J connectivity index is 2.44. The second kappa shape index (κ2) is 5.50. The molecule has 0 N–H and O–H groups in total. The second-order valence-corrected chi connectivity index (χ2v) is 4.43. The molecule has 0 radical (unpaired) electrons. The van der Waals surface area contributed by atoms with Gasteiger partial charge in [0.05, 0.1) is 0 Å². The van der Waals surface area contributed by atoms with Crippen LogP contribution >= 0.6 is 0 Å². The molecule has 0 heterocycles. The average molecular weight is 234 g/mol. The molecular formula is C18H18. The topological polar surface area (TPSA) is 0 Å². The number of hydrogen-bond donors (Lipinski definition) is 0. The van der Waals surface area contributed by atoms with Gasteiger partial charge in [0, 0.05) is 5.92 Å². The maximum Gasteiger partial charge on any atom is 0.00610 e. The van der Waals surface area contributed by atoms with Crippen LogP contribution in [-0.4, -0.2) is 0 Å². The van der Waals surface area contributed by atoms with Crippen molar-refractivity contribution >= 4 is 10.8 Å². The van der Waals surface area contributed by atoms with Gasteiger partial charge in [-0.2, -0.15) is 0 Å². The van der Waals surface area contributed by atoms with Crippen molar-refractivity contribution in [1.82, 2.24) is 0 Å². The summed E-state index contributed by atoms with van der Waals surface area (Å²) < 4.78 is 0. The van der Waals surface area contributed by atoms with Gasteiger partial charge < -0.3 is 0 Å². The first-order valence-corrected chi connectivity index (χ1v) is 6.20. The molecule has 2 rings (SSSR count). The van der Waals surface area contributed by atoms with Gasteiger partial charge in [-0.05, 0) is 21.9 Å². The molecule has 0 bridgehead atoms. The molecule has 1 atom stereocenters. The smallest absolute Gasteiger partial charge is 0.00610 e. The van der Waals surface area contributed by atoms with E-state index in [1.54, 1.807) is 0 Å². The van der Waals surface area contributed by atoms with Crippen LogP contribution in [0, 0.1) is 0 Å². The first kappa shape index (κ1) is 12.4. The van der Waals surface area contributed by atoms with E-state index in [-0.39, 0.29) is 0 Å². The van der Waals surface area contributed by atoms with Gasteiger partial charge in [0.25, 0.3) is 0 Å². The van der Waals surface area contributed by atoms with Crippen molar-refractivity contribution < 1.29 is 0 Å². The molecule has 90 valence electrons. The van der Waals surface area contributed by atoms with Crippen LogP contribution in [0.5, 0.6) is 0 Å². The molecule has 0 nitrogen and oxygen atoms in total. The van der Waals surface area contributed by atoms with Crippen LogP contribution in [0.4, 0.5) is 0 Å². The quantitative estimate of drug-likeness (QED) is 0.634. The van der Waals surface area contributed by atoms with Crippen LogP contribution in [0.1, 0.15) is 18.4 Å². The SMILES string of the molecule is C=C/C=C(\C=C)C(C)c1ccc2ccccc2c1. The van der Waals surface area contributed by atoms with Gasteiger partial charge in [0.1, 0.15) is 0 Å².